The van der Waals surface area contributed by atoms with Crippen LogP contribution in [-0.4, -0.2) is 22.9 Å². The van der Waals surface area contributed by atoms with E-state index in [9.17, 15) is 14.4 Å². The molecule has 1 aliphatic heterocycles. The van der Waals surface area contributed by atoms with Gasteiger partial charge in [-0.1, -0.05) is 23.7 Å². The number of carboxylic acid groups (broad SMARTS) is 1. The minimum atomic E-state index is -1.07. The Morgan fingerprint density at radius 1 is 1.12 bits per heavy atom. The number of para-hydroxylation sites is 2. The number of nitrogens with one attached hydrogen (secondary N) is 1. The summed E-state index contributed by atoms with van der Waals surface area (Å²) in [5, 5.41) is 12.7. The lowest BCUT2D eigenvalue weighted by Crippen LogP contribution is -2.33. The fourth-order valence-electron chi connectivity index (χ4n) is 2.55. The lowest BCUT2D eigenvalue weighted by atomic mass is 10.0. The van der Waals surface area contributed by atoms with E-state index < -0.39 is 23.8 Å². The Morgan fingerprint density at radius 2 is 1.85 bits per heavy atom. The van der Waals surface area contributed by atoms with E-state index in [1.165, 1.54) is 0 Å². The highest BCUT2D eigenvalue weighted by molar-refractivity contribution is 6.30. The molecule has 0 fully saturated rings. The molecule has 3 rings (SSSR count). The van der Waals surface area contributed by atoms with Crippen LogP contribution in [0, 0.1) is 0 Å². The van der Waals surface area contributed by atoms with Crippen molar-refractivity contribution in [3.05, 3.63) is 63.8 Å². The third-order valence-electron chi connectivity index (χ3n) is 3.76. The van der Waals surface area contributed by atoms with Gasteiger partial charge in [0.1, 0.15) is 0 Å². The second-order valence-corrected chi connectivity index (χ2v) is 6.08. The highest BCUT2D eigenvalue weighted by atomic mass is 35.5. The van der Waals surface area contributed by atoms with Crippen LogP contribution in [0.1, 0.15) is 24.4 Å². The molecule has 0 saturated carbocycles. The number of hydrogen-bond acceptors (Lipinski definition) is 4. The molecule has 0 spiro atoms. The van der Waals surface area contributed by atoms with Crippen molar-refractivity contribution in [1.82, 2.24) is 0 Å². The molecule has 7 nitrogen and oxygen atoms in total. The van der Waals surface area contributed by atoms with Gasteiger partial charge in [-0.25, -0.2) is 4.99 Å². The molecular weight excluding hydrogens is 358 g/mol. The minimum Gasteiger partial charge on any atom is -0.481 e. The molecule has 0 aliphatic carbocycles. The Hall–Kier alpha value is -3.06. The first-order valence-corrected chi connectivity index (χ1v) is 8.18. The lowest BCUT2D eigenvalue weighted by molar-refractivity contribution is -0.138. The maximum Gasteiger partial charge on any atom is 0.303 e. The van der Waals surface area contributed by atoms with Crippen LogP contribution in [0.2, 0.25) is 5.02 Å². The number of nitrogens with zero attached hydrogens (tertiary/aromatic N) is 2. The molecule has 0 radical (unpaired) electrons. The number of carboxylic acids is 1. The molecule has 2 aromatic rings. The van der Waals surface area contributed by atoms with Gasteiger partial charge in [-0.05, 0) is 30.3 Å². The van der Waals surface area contributed by atoms with Crippen LogP contribution < -0.4 is 16.0 Å². The second-order valence-electron chi connectivity index (χ2n) is 5.64. The third kappa shape index (κ3) is 3.94. The molecule has 2 amide bonds. The molecule has 8 heteroatoms. The number of rotatable bonds is 5. The Morgan fingerprint density at radius 3 is 2.58 bits per heavy atom. The number of aliphatic carboxylic acids is 1. The van der Waals surface area contributed by atoms with Crippen LogP contribution in [0.15, 0.2) is 52.4 Å². The summed E-state index contributed by atoms with van der Waals surface area (Å²) in [6, 6.07) is 10.7. The largest absolute Gasteiger partial charge is 0.481 e. The number of benzene rings is 2. The molecular formula is C18H14ClN3O4. The predicted octanol–water partition coefficient (Wildman–Crippen LogP) is 1.66. The molecule has 0 aromatic heterocycles. The van der Waals surface area contributed by atoms with Crippen LogP contribution >= 0.6 is 11.6 Å². The van der Waals surface area contributed by atoms with Gasteiger partial charge < -0.3 is 10.4 Å². The molecule has 26 heavy (non-hydrogen) atoms. The maximum absolute atomic E-state index is 12.4. The molecule has 2 N–H and O–H groups in total. The van der Waals surface area contributed by atoms with E-state index in [2.05, 4.69) is 15.3 Å². The monoisotopic (exact) mass is 371 g/mol. The Bertz CT molecular complexity index is 1020. The van der Waals surface area contributed by atoms with Crippen molar-refractivity contribution in [1.29, 1.82) is 0 Å². The number of anilines is 1. The summed E-state index contributed by atoms with van der Waals surface area (Å²) in [4.78, 5) is 43.5. The number of halogens is 1. The molecule has 2 aromatic carbocycles. The van der Waals surface area contributed by atoms with Gasteiger partial charge >= 0.3 is 5.97 Å². The number of carbonyl (C=O) groups is 3. The fraction of sp³-hybridized carbons (Fsp3) is 0.167. The highest BCUT2D eigenvalue weighted by Crippen LogP contribution is 2.30. The topological polar surface area (TPSA) is 108 Å². The average molecular weight is 372 g/mol. The number of amides is 2. The average Bonchev–Trinajstić information content (AvgIpc) is 2.61. The van der Waals surface area contributed by atoms with Gasteiger partial charge in [0.25, 0.3) is 5.91 Å². The zero-order valence-corrected chi connectivity index (χ0v) is 14.2. The summed E-state index contributed by atoms with van der Waals surface area (Å²) < 4.78 is 0. The molecule has 132 valence electrons. The van der Waals surface area contributed by atoms with Crippen LogP contribution in [0.5, 0.6) is 0 Å². The quantitative estimate of drug-likeness (QED) is 0.833. The molecule has 1 aliphatic rings. The summed E-state index contributed by atoms with van der Waals surface area (Å²) in [7, 11) is 0. The smallest absolute Gasteiger partial charge is 0.303 e. The Labute approximate surface area is 153 Å². The maximum atomic E-state index is 12.4. The SMILES string of the molecule is O=C(O)CCC(=O)Nc1ccc(Cl)cc1C1N=c2ccccc2=NC1=O. The van der Waals surface area contributed by atoms with E-state index in [0.29, 0.717) is 27.0 Å². The second kappa shape index (κ2) is 7.45. The van der Waals surface area contributed by atoms with Crippen molar-refractivity contribution < 1.29 is 19.5 Å². The van der Waals surface area contributed by atoms with E-state index in [1.54, 1.807) is 42.5 Å². The van der Waals surface area contributed by atoms with Crippen molar-refractivity contribution in [3.63, 3.8) is 0 Å². The summed E-state index contributed by atoms with van der Waals surface area (Å²) in [6.07, 6.45) is -0.468. The summed E-state index contributed by atoms with van der Waals surface area (Å²) in [5.74, 6) is -2.01. The lowest BCUT2D eigenvalue weighted by Gasteiger charge is -2.17. The van der Waals surface area contributed by atoms with E-state index in [1.807, 2.05) is 0 Å². The van der Waals surface area contributed by atoms with Crippen LogP contribution in [0.25, 0.3) is 0 Å². The number of carbonyl (C=O) groups excluding carboxylic acids is 2. The van der Waals surface area contributed by atoms with Gasteiger partial charge in [-0.3, -0.25) is 19.4 Å². The van der Waals surface area contributed by atoms with Gasteiger partial charge in [0.15, 0.2) is 6.04 Å². The zero-order chi connectivity index (χ0) is 18.7. The van der Waals surface area contributed by atoms with Crippen LogP contribution in [0.4, 0.5) is 5.69 Å². The number of fused-ring (bicyclic) bond motifs is 1. The number of hydrogen-bond donors (Lipinski definition) is 2. The van der Waals surface area contributed by atoms with Crippen molar-refractivity contribution >= 4 is 35.1 Å². The standard InChI is InChI=1S/C18H14ClN3O4/c19-10-5-6-12(20-15(23)7-8-16(24)25)11(9-10)17-18(26)22-14-4-2-1-3-13(14)21-17/h1-6,9,17H,7-8H2,(H,20,23)(H,24,25). The Balaban J connectivity index is 1.96. The van der Waals surface area contributed by atoms with Crippen LogP contribution in [0.3, 0.4) is 0 Å². The molecule has 0 saturated heterocycles. The van der Waals surface area contributed by atoms with E-state index in [-0.39, 0.29) is 12.8 Å². The molecule has 1 unspecified atom stereocenters. The minimum absolute atomic E-state index is 0.180. The normalized spacial score (nSPS) is 15.4. The highest BCUT2D eigenvalue weighted by Gasteiger charge is 2.25. The van der Waals surface area contributed by atoms with E-state index in [4.69, 9.17) is 16.7 Å². The van der Waals surface area contributed by atoms with Gasteiger partial charge in [-0.15, -0.1) is 0 Å². The van der Waals surface area contributed by atoms with Gasteiger partial charge in [0.2, 0.25) is 5.91 Å². The first-order chi connectivity index (χ1) is 12.4. The first-order valence-electron chi connectivity index (χ1n) is 7.80. The van der Waals surface area contributed by atoms with Crippen molar-refractivity contribution in [2.75, 3.05) is 5.32 Å². The predicted molar refractivity (Wildman–Crippen MR) is 93.5 cm³/mol. The molecule has 1 heterocycles. The summed E-state index contributed by atoms with van der Waals surface area (Å²) in [5.41, 5.74) is 0.755. The van der Waals surface area contributed by atoms with Gasteiger partial charge in [0.05, 0.1) is 17.1 Å². The molecule has 1 atom stereocenters. The third-order valence-corrected chi connectivity index (χ3v) is 4.00. The van der Waals surface area contributed by atoms with Crippen molar-refractivity contribution in [2.45, 2.75) is 18.9 Å². The summed E-state index contributed by atoms with van der Waals surface area (Å²) >= 11 is 6.05. The van der Waals surface area contributed by atoms with E-state index >= 15 is 0 Å². The van der Waals surface area contributed by atoms with Crippen molar-refractivity contribution in [3.8, 4) is 0 Å². The first kappa shape index (κ1) is 17.8. The van der Waals surface area contributed by atoms with Gasteiger partial charge in [-0.2, -0.15) is 0 Å². The van der Waals surface area contributed by atoms with Gasteiger partial charge in [0, 0.05) is 22.7 Å². The zero-order valence-electron chi connectivity index (χ0n) is 13.5. The van der Waals surface area contributed by atoms with Crippen molar-refractivity contribution in [2.24, 2.45) is 9.98 Å². The summed E-state index contributed by atoms with van der Waals surface area (Å²) in [6.45, 7) is 0. The van der Waals surface area contributed by atoms with Crippen LogP contribution in [-0.2, 0) is 14.4 Å². The fourth-order valence-corrected chi connectivity index (χ4v) is 2.73. The van der Waals surface area contributed by atoms with E-state index in [0.717, 1.165) is 0 Å². The Kier molecular flexibility index (Phi) is 5.09. The molecule has 0 bridgehead atoms.